The van der Waals surface area contributed by atoms with E-state index in [2.05, 4.69) is 5.32 Å². The minimum absolute atomic E-state index is 0.141. The largest absolute Gasteiger partial charge is 0.478 e. The molecule has 6 heteroatoms. The number of carboxylic acids is 1. The third-order valence-electron chi connectivity index (χ3n) is 2.09. The highest BCUT2D eigenvalue weighted by Crippen LogP contribution is 2.04. The number of nitriles is 1. The van der Waals surface area contributed by atoms with E-state index in [1.165, 1.54) is 23.9 Å². The first-order valence-corrected chi connectivity index (χ1v) is 6.32. The van der Waals surface area contributed by atoms with Gasteiger partial charge in [-0.2, -0.15) is 5.26 Å². The van der Waals surface area contributed by atoms with Crippen molar-refractivity contribution in [2.24, 2.45) is 0 Å². The Labute approximate surface area is 109 Å². The third kappa shape index (κ3) is 4.89. The summed E-state index contributed by atoms with van der Waals surface area (Å²) in [6.07, 6.45) is 0. The lowest BCUT2D eigenvalue weighted by molar-refractivity contribution is -0.118. The van der Waals surface area contributed by atoms with Gasteiger partial charge >= 0.3 is 5.97 Å². The van der Waals surface area contributed by atoms with Crippen molar-refractivity contribution < 1.29 is 14.7 Å². The number of hydrogen-bond donors (Lipinski definition) is 2. The zero-order chi connectivity index (χ0) is 13.4. The maximum atomic E-state index is 11.3. The van der Waals surface area contributed by atoms with Gasteiger partial charge in [-0.05, 0) is 17.7 Å². The molecule has 0 heterocycles. The Balaban J connectivity index is 2.37. The number of carboxylic acid groups (broad SMARTS) is 1. The van der Waals surface area contributed by atoms with Crippen LogP contribution < -0.4 is 5.32 Å². The number of carbonyl (C=O) groups is 2. The summed E-state index contributed by atoms with van der Waals surface area (Å²) in [7, 11) is 0. The van der Waals surface area contributed by atoms with Gasteiger partial charge in [0.2, 0.25) is 5.91 Å². The maximum Gasteiger partial charge on any atom is 0.335 e. The average Bonchev–Trinajstić information content (AvgIpc) is 2.37. The van der Waals surface area contributed by atoms with E-state index in [0.717, 1.165) is 5.56 Å². The van der Waals surface area contributed by atoms with Gasteiger partial charge in [-0.1, -0.05) is 12.1 Å². The van der Waals surface area contributed by atoms with E-state index in [1.54, 1.807) is 12.1 Å². The number of nitrogens with one attached hydrogen (secondary N) is 1. The molecule has 0 radical (unpaired) electrons. The molecule has 2 N–H and O–H groups in total. The van der Waals surface area contributed by atoms with Crippen molar-refractivity contribution in [2.45, 2.75) is 6.54 Å². The second-order valence-electron chi connectivity index (χ2n) is 3.43. The number of rotatable bonds is 6. The third-order valence-corrected chi connectivity index (χ3v) is 2.89. The lowest BCUT2D eigenvalue weighted by atomic mass is 10.1. The summed E-state index contributed by atoms with van der Waals surface area (Å²) in [4.78, 5) is 22.0. The van der Waals surface area contributed by atoms with Crippen LogP contribution in [0, 0.1) is 11.3 Å². The van der Waals surface area contributed by atoms with E-state index in [1.807, 2.05) is 6.07 Å². The molecular formula is C12H12N2O3S. The predicted molar refractivity (Wildman–Crippen MR) is 68.2 cm³/mol. The molecule has 1 aromatic rings. The molecule has 1 rings (SSSR count). The quantitative estimate of drug-likeness (QED) is 0.755. The number of hydrogen-bond acceptors (Lipinski definition) is 4. The van der Waals surface area contributed by atoms with E-state index in [-0.39, 0.29) is 17.2 Å². The van der Waals surface area contributed by atoms with Crippen molar-refractivity contribution in [1.29, 1.82) is 5.26 Å². The second-order valence-corrected chi connectivity index (χ2v) is 4.42. The van der Waals surface area contributed by atoms with Crippen molar-refractivity contribution in [3.05, 3.63) is 35.4 Å². The van der Waals surface area contributed by atoms with Gasteiger partial charge < -0.3 is 10.4 Å². The molecule has 0 saturated carbocycles. The second kappa shape index (κ2) is 7.35. The summed E-state index contributed by atoms with van der Waals surface area (Å²) in [6, 6.07) is 8.25. The van der Waals surface area contributed by atoms with Gasteiger partial charge in [0.1, 0.15) is 0 Å². The summed E-state index contributed by atoms with van der Waals surface area (Å²) in [5.41, 5.74) is 1.05. The van der Waals surface area contributed by atoms with Gasteiger partial charge in [0.05, 0.1) is 23.1 Å². The molecule has 0 fully saturated rings. The number of amides is 1. The molecule has 0 spiro atoms. The van der Waals surface area contributed by atoms with Crippen LogP contribution in [-0.4, -0.2) is 28.5 Å². The first-order chi connectivity index (χ1) is 8.63. The molecule has 18 heavy (non-hydrogen) atoms. The topological polar surface area (TPSA) is 90.2 Å². The molecule has 0 bridgehead atoms. The van der Waals surface area contributed by atoms with Crippen molar-refractivity contribution in [1.82, 2.24) is 5.32 Å². The number of benzene rings is 1. The van der Waals surface area contributed by atoms with Gasteiger partial charge in [0.25, 0.3) is 0 Å². The minimum atomic E-state index is -0.974. The molecule has 0 unspecified atom stereocenters. The highest BCUT2D eigenvalue weighted by molar-refractivity contribution is 8.00. The monoisotopic (exact) mass is 264 g/mol. The fraction of sp³-hybridized carbons (Fsp3) is 0.250. The molecule has 0 atom stereocenters. The van der Waals surface area contributed by atoms with E-state index < -0.39 is 5.97 Å². The molecule has 1 amide bonds. The molecule has 94 valence electrons. The molecule has 0 aliphatic heterocycles. The Morgan fingerprint density at radius 2 is 2.00 bits per heavy atom. The summed E-state index contributed by atoms with van der Waals surface area (Å²) in [5.74, 6) is -0.572. The lowest BCUT2D eigenvalue weighted by Gasteiger charge is -2.04. The van der Waals surface area contributed by atoms with Crippen molar-refractivity contribution in [2.75, 3.05) is 11.5 Å². The fourth-order valence-electron chi connectivity index (χ4n) is 1.21. The zero-order valence-corrected chi connectivity index (χ0v) is 10.4. The van der Waals surface area contributed by atoms with Crippen LogP contribution in [0.1, 0.15) is 15.9 Å². The number of aromatic carboxylic acids is 1. The van der Waals surface area contributed by atoms with E-state index in [0.29, 0.717) is 12.3 Å². The smallest absolute Gasteiger partial charge is 0.335 e. The highest BCUT2D eigenvalue weighted by atomic mass is 32.2. The van der Waals surface area contributed by atoms with Gasteiger partial charge in [-0.25, -0.2) is 4.79 Å². The van der Waals surface area contributed by atoms with Gasteiger partial charge in [-0.3, -0.25) is 4.79 Å². The summed E-state index contributed by atoms with van der Waals surface area (Å²) >= 11 is 1.25. The molecular weight excluding hydrogens is 252 g/mol. The number of thioether (sulfide) groups is 1. The SMILES string of the molecule is N#CCSCC(=O)NCc1ccc(C(=O)O)cc1. The van der Waals surface area contributed by atoms with Crippen molar-refractivity contribution in [3.63, 3.8) is 0 Å². The highest BCUT2D eigenvalue weighted by Gasteiger charge is 2.03. The van der Waals surface area contributed by atoms with E-state index >= 15 is 0 Å². The Morgan fingerprint density at radius 1 is 1.33 bits per heavy atom. The Bertz CT molecular complexity index is 465. The van der Waals surface area contributed by atoms with E-state index in [4.69, 9.17) is 10.4 Å². The maximum absolute atomic E-state index is 11.3. The van der Waals surface area contributed by atoms with Crippen LogP contribution >= 0.6 is 11.8 Å². The summed E-state index contributed by atoms with van der Waals surface area (Å²) in [5, 5.41) is 19.7. The predicted octanol–water partition coefficient (Wildman–Crippen LogP) is 1.26. The summed E-state index contributed by atoms with van der Waals surface area (Å²) < 4.78 is 0. The van der Waals surface area contributed by atoms with Crippen LogP contribution in [0.25, 0.3) is 0 Å². The average molecular weight is 264 g/mol. The first-order valence-electron chi connectivity index (χ1n) is 5.17. The van der Waals surface area contributed by atoms with Gasteiger partial charge in [0, 0.05) is 6.54 Å². The van der Waals surface area contributed by atoms with Crippen LogP contribution in [0.15, 0.2) is 24.3 Å². The molecule has 0 aromatic heterocycles. The fourth-order valence-corrected chi connectivity index (χ4v) is 1.69. The molecule has 0 saturated heterocycles. The van der Waals surface area contributed by atoms with Crippen LogP contribution in [-0.2, 0) is 11.3 Å². The Morgan fingerprint density at radius 3 is 2.56 bits per heavy atom. The van der Waals surface area contributed by atoms with Crippen LogP contribution in [0.4, 0.5) is 0 Å². The zero-order valence-electron chi connectivity index (χ0n) is 9.55. The van der Waals surface area contributed by atoms with E-state index in [9.17, 15) is 9.59 Å². The normalized spacial score (nSPS) is 9.50. The molecule has 0 aliphatic carbocycles. The lowest BCUT2D eigenvalue weighted by Crippen LogP contribution is -2.24. The Hall–Kier alpha value is -2.00. The molecule has 5 nitrogen and oxygen atoms in total. The van der Waals surface area contributed by atoms with Crippen molar-refractivity contribution >= 4 is 23.6 Å². The number of nitrogens with zero attached hydrogens (tertiary/aromatic N) is 1. The van der Waals surface area contributed by atoms with Crippen LogP contribution in [0.3, 0.4) is 0 Å². The number of carbonyl (C=O) groups excluding carboxylic acids is 1. The standard InChI is InChI=1S/C12H12N2O3S/c13-5-6-18-8-11(15)14-7-9-1-3-10(4-2-9)12(16)17/h1-4H,6-8H2,(H,14,15)(H,16,17). The van der Waals surface area contributed by atoms with Crippen LogP contribution in [0.2, 0.25) is 0 Å². The Kier molecular flexibility index (Phi) is 5.74. The molecule has 0 aliphatic rings. The van der Waals surface area contributed by atoms with Crippen LogP contribution in [0.5, 0.6) is 0 Å². The summed E-state index contributed by atoms with van der Waals surface area (Å²) in [6.45, 7) is 0.353. The minimum Gasteiger partial charge on any atom is -0.478 e. The molecule has 1 aromatic carbocycles. The first kappa shape index (κ1) is 14.1. The van der Waals surface area contributed by atoms with Gasteiger partial charge in [0.15, 0.2) is 0 Å². The van der Waals surface area contributed by atoms with Crippen molar-refractivity contribution in [3.8, 4) is 6.07 Å². The van der Waals surface area contributed by atoms with Gasteiger partial charge in [-0.15, -0.1) is 11.8 Å².